The third kappa shape index (κ3) is 3.55. The van der Waals surface area contributed by atoms with Crippen molar-refractivity contribution < 1.29 is 9.59 Å². The number of thioether (sulfide) groups is 1. The number of nitrogens with one attached hydrogen (secondary N) is 2. The molecule has 2 amide bonds. The van der Waals surface area contributed by atoms with Crippen LogP contribution in [0.25, 0.3) is 0 Å². The molecular weight excluding hydrogens is 308 g/mol. The van der Waals surface area contributed by atoms with Gasteiger partial charge in [-0.3, -0.25) is 9.59 Å². The normalized spacial score (nSPS) is 26.9. The molecular formula is C18H24N2O2S. The van der Waals surface area contributed by atoms with E-state index in [-0.39, 0.29) is 29.0 Å². The Bertz CT molecular complexity index is 590. The molecule has 3 atom stereocenters. The zero-order chi connectivity index (χ0) is 16.2. The second-order valence-electron chi connectivity index (χ2n) is 6.32. The van der Waals surface area contributed by atoms with Crippen molar-refractivity contribution in [1.29, 1.82) is 0 Å². The predicted octanol–water partition coefficient (Wildman–Crippen LogP) is 2.44. The third-order valence-corrected chi connectivity index (χ3v) is 6.15. The molecule has 1 saturated carbocycles. The molecule has 1 aliphatic heterocycles. The standard InChI is InChI=1S/C18H24N2O2S/c1-19-17(21)14-8-4-5-9-15(14)20-18(22)16-13-7-3-2-6-12(13)10-11-23-16/h2-3,6-7,14-16H,4-5,8-11H2,1H3,(H,19,21)(H,20,22)/t14-,15+,16+/m1/s1. The van der Waals surface area contributed by atoms with Crippen LogP contribution in [0.5, 0.6) is 0 Å². The molecule has 0 bridgehead atoms. The van der Waals surface area contributed by atoms with Crippen LogP contribution in [-0.4, -0.2) is 30.7 Å². The molecule has 4 nitrogen and oxygen atoms in total. The van der Waals surface area contributed by atoms with Crippen molar-refractivity contribution in [3.05, 3.63) is 35.4 Å². The minimum Gasteiger partial charge on any atom is -0.359 e. The van der Waals surface area contributed by atoms with Crippen LogP contribution in [0.4, 0.5) is 0 Å². The van der Waals surface area contributed by atoms with E-state index in [1.54, 1.807) is 18.8 Å². The summed E-state index contributed by atoms with van der Waals surface area (Å²) in [7, 11) is 1.67. The van der Waals surface area contributed by atoms with Crippen molar-refractivity contribution in [2.45, 2.75) is 43.4 Å². The van der Waals surface area contributed by atoms with Gasteiger partial charge in [-0.1, -0.05) is 37.1 Å². The molecule has 124 valence electrons. The van der Waals surface area contributed by atoms with E-state index in [4.69, 9.17) is 0 Å². The van der Waals surface area contributed by atoms with Crippen molar-refractivity contribution in [3.8, 4) is 0 Å². The van der Waals surface area contributed by atoms with Gasteiger partial charge < -0.3 is 10.6 Å². The minimum atomic E-state index is -0.146. The molecule has 1 heterocycles. The van der Waals surface area contributed by atoms with Gasteiger partial charge in [-0.25, -0.2) is 0 Å². The van der Waals surface area contributed by atoms with Crippen LogP contribution in [0.3, 0.4) is 0 Å². The average molecular weight is 332 g/mol. The van der Waals surface area contributed by atoms with Gasteiger partial charge in [0.2, 0.25) is 11.8 Å². The lowest BCUT2D eigenvalue weighted by atomic mass is 9.83. The first-order valence-electron chi connectivity index (χ1n) is 8.42. The Morgan fingerprint density at radius 1 is 1.13 bits per heavy atom. The number of benzene rings is 1. The summed E-state index contributed by atoms with van der Waals surface area (Å²) in [6.07, 6.45) is 4.91. The summed E-state index contributed by atoms with van der Waals surface area (Å²) in [6.45, 7) is 0. The predicted molar refractivity (Wildman–Crippen MR) is 93.3 cm³/mol. The third-order valence-electron chi connectivity index (χ3n) is 4.91. The van der Waals surface area contributed by atoms with Crippen LogP contribution in [0.1, 0.15) is 42.1 Å². The summed E-state index contributed by atoms with van der Waals surface area (Å²) >= 11 is 1.71. The van der Waals surface area contributed by atoms with Crippen molar-refractivity contribution in [2.24, 2.45) is 5.92 Å². The summed E-state index contributed by atoms with van der Waals surface area (Å²) in [6, 6.07) is 8.17. The number of rotatable bonds is 3. The zero-order valence-corrected chi connectivity index (χ0v) is 14.3. The van der Waals surface area contributed by atoms with E-state index < -0.39 is 0 Å². The molecule has 1 aliphatic carbocycles. The van der Waals surface area contributed by atoms with Gasteiger partial charge in [-0.15, -0.1) is 11.8 Å². The quantitative estimate of drug-likeness (QED) is 0.894. The molecule has 1 aromatic carbocycles. The van der Waals surface area contributed by atoms with Crippen LogP contribution < -0.4 is 10.6 Å². The summed E-state index contributed by atoms with van der Waals surface area (Å²) in [5, 5.41) is 5.77. The summed E-state index contributed by atoms with van der Waals surface area (Å²) in [5.74, 6) is 0.981. The average Bonchev–Trinajstić information content (AvgIpc) is 2.61. The Labute approximate surface area is 141 Å². The molecule has 2 aliphatic rings. The molecule has 3 rings (SSSR count). The lowest BCUT2D eigenvalue weighted by Gasteiger charge is -2.33. The van der Waals surface area contributed by atoms with E-state index in [2.05, 4.69) is 22.8 Å². The molecule has 0 spiro atoms. The van der Waals surface area contributed by atoms with E-state index in [0.717, 1.165) is 43.4 Å². The van der Waals surface area contributed by atoms with Gasteiger partial charge in [0.1, 0.15) is 5.25 Å². The fourth-order valence-corrected chi connectivity index (χ4v) is 4.87. The lowest BCUT2D eigenvalue weighted by molar-refractivity contribution is -0.127. The van der Waals surface area contributed by atoms with Gasteiger partial charge in [0.05, 0.1) is 5.92 Å². The fourth-order valence-electron chi connectivity index (χ4n) is 3.67. The number of fused-ring (bicyclic) bond motifs is 1. The number of hydrogen-bond donors (Lipinski definition) is 2. The number of carbonyl (C=O) groups excluding carboxylic acids is 2. The highest BCUT2D eigenvalue weighted by Crippen LogP contribution is 2.37. The van der Waals surface area contributed by atoms with Gasteiger partial charge in [0.25, 0.3) is 0 Å². The van der Waals surface area contributed by atoms with E-state index in [1.807, 2.05) is 12.1 Å². The first-order chi connectivity index (χ1) is 11.2. The molecule has 0 aromatic heterocycles. The number of hydrogen-bond acceptors (Lipinski definition) is 3. The topological polar surface area (TPSA) is 58.2 Å². The summed E-state index contributed by atoms with van der Waals surface area (Å²) in [4.78, 5) is 24.9. The van der Waals surface area contributed by atoms with Gasteiger partial charge >= 0.3 is 0 Å². The number of amides is 2. The number of aryl methyl sites for hydroxylation is 1. The van der Waals surface area contributed by atoms with Crippen LogP contribution in [0.15, 0.2) is 24.3 Å². The van der Waals surface area contributed by atoms with E-state index in [9.17, 15) is 9.59 Å². The SMILES string of the molecule is CNC(=O)[C@@H]1CCCC[C@@H]1NC(=O)[C@H]1SCCc2ccccc21. The van der Waals surface area contributed by atoms with Gasteiger partial charge in [0, 0.05) is 13.1 Å². The molecule has 1 fully saturated rings. The number of carbonyl (C=O) groups is 2. The van der Waals surface area contributed by atoms with Crippen LogP contribution in [0.2, 0.25) is 0 Å². The summed E-state index contributed by atoms with van der Waals surface area (Å²) in [5.41, 5.74) is 2.41. The van der Waals surface area contributed by atoms with Gasteiger partial charge in [-0.05, 0) is 36.1 Å². The van der Waals surface area contributed by atoms with Gasteiger partial charge in [-0.2, -0.15) is 0 Å². The van der Waals surface area contributed by atoms with Crippen LogP contribution >= 0.6 is 11.8 Å². The second kappa shape index (κ2) is 7.39. The summed E-state index contributed by atoms with van der Waals surface area (Å²) < 4.78 is 0. The Balaban J connectivity index is 1.72. The molecule has 1 aromatic rings. The van der Waals surface area contributed by atoms with Crippen LogP contribution in [-0.2, 0) is 16.0 Å². The van der Waals surface area contributed by atoms with Crippen LogP contribution in [0, 0.1) is 5.92 Å². The Hall–Kier alpha value is -1.49. The van der Waals surface area contributed by atoms with E-state index in [0.29, 0.717) is 0 Å². The lowest BCUT2D eigenvalue weighted by Crippen LogP contribution is -2.48. The highest BCUT2D eigenvalue weighted by molar-refractivity contribution is 8.00. The smallest absolute Gasteiger partial charge is 0.237 e. The van der Waals surface area contributed by atoms with Crippen molar-refractivity contribution in [2.75, 3.05) is 12.8 Å². The Kier molecular flexibility index (Phi) is 5.26. The fraction of sp³-hybridized carbons (Fsp3) is 0.556. The van der Waals surface area contributed by atoms with Crippen molar-refractivity contribution in [3.63, 3.8) is 0 Å². The molecule has 0 saturated heterocycles. The highest BCUT2D eigenvalue weighted by atomic mass is 32.2. The maximum Gasteiger partial charge on any atom is 0.237 e. The first-order valence-corrected chi connectivity index (χ1v) is 9.47. The molecule has 23 heavy (non-hydrogen) atoms. The second-order valence-corrected chi connectivity index (χ2v) is 7.53. The minimum absolute atomic E-state index is 0.0362. The molecule has 5 heteroatoms. The van der Waals surface area contributed by atoms with Gasteiger partial charge in [0.15, 0.2) is 0 Å². The zero-order valence-electron chi connectivity index (χ0n) is 13.5. The highest BCUT2D eigenvalue weighted by Gasteiger charge is 2.34. The Morgan fingerprint density at radius 3 is 2.74 bits per heavy atom. The monoisotopic (exact) mass is 332 g/mol. The van der Waals surface area contributed by atoms with E-state index >= 15 is 0 Å². The van der Waals surface area contributed by atoms with E-state index in [1.165, 1.54) is 5.56 Å². The maximum absolute atomic E-state index is 12.8. The first kappa shape index (κ1) is 16.4. The largest absolute Gasteiger partial charge is 0.359 e. The molecule has 2 N–H and O–H groups in total. The Morgan fingerprint density at radius 2 is 1.91 bits per heavy atom. The van der Waals surface area contributed by atoms with Crippen molar-refractivity contribution in [1.82, 2.24) is 10.6 Å². The van der Waals surface area contributed by atoms with Crippen molar-refractivity contribution >= 4 is 23.6 Å². The maximum atomic E-state index is 12.8. The molecule has 0 unspecified atom stereocenters. The molecule has 0 radical (unpaired) electrons.